The van der Waals surface area contributed by atoms with Crippen LogP contribution in [0, 0.1) is 12.7 Å². The molecule has 25 heavy (non-hydrogen) atoms. The molecule has 0 fully saturated rings. The van der Waals surface area contributed by atoms with Gasteiger partial charge in [-0.2, -0.15) is 0 Å². The second kappa shape index (κ2) is 8.05. The van der Waals surface area contributed by atoms with Gasteiger partial charge in [-0.05, 0) is 48.4 Å². The van der Waals surface area contributed by atoms with Gasteiger partial charge < -0.3 is 15.2 Å². The number of nitrogens with zero attached hydrogens (tertiary/aromatic N) is 1. The third-order valence-corrected chi connectivity index (χ3v) is 3.88. The molecule has 1 atom stereocenters. The first-order valence-corrected chi connectivity index (χ1v) is 8.23. The number of halogens is 1. The van der Waals surface area contributed by atoms with Gasteiger partial charge in [0.25, 0.3) is 0 Å². The van der Waals surface area contributed by atoms with E-state index in [0.717, 1.165) is 27.8 Å². The lowest BCUT2D eigenvalue weighted by Crippen LogP contribution is -2.31. The number of aryl methyl sites for hydroxylation is 1. The molecule has 0 saturated carbocycles. The van der Waals surface area contributed by atoms with Crippen molar-refractivity contribution in [3.63, 3.8) is 0 Å². The van der Waals surface area contributed by atoms with Crippen molar-refractivity contribution in [3.05, 3.63) is 71.7 Å². The lowest BCUT2D eigenvalue weighted by molar-refractivity contribution is 0.106. The summed E-state index contributed by atoms with van der Waals surface area (Å²) >= 11 is 0. The van der Waals surface area contributed by atoms with E-state index in [0.29, 0.717) is 13.1 Å². The fourth-order valence-corrected chi connectivity index (χ4v) is 2.69. The van der Waals surface area contributed by atoms with Crippen LogP contribution in [0.15, 0.2) is 54.7 Å². The molecular weight excluding hydrogens is 319 g/mol. The summed E-state index contributed by atoms with van der Waals surface area (Å²) in [5.74, 6) is 0.444. The molecule has 0 aliphatic carbocycles. The van der Waals surface area contributed by atoms with E-state index in [1.807, 2.05) is 37.3 Å². The van der Waals surface area contributed by atoms with E-state index in [2.05, 4.69) is 10.3 Å². The normalized spacial score (nSPS) is 12.3. The van der Waals surface area contributed by atoms with Crippen LogP contribution >= 0.6 is 0 Å². The fourth-order valence-electron chi connectivity index (χ4n) is 2.69. The van der Waals surface area contributed by atoms with Crippen molar-refractivity contribution in [3.8, 4) is 5.75 Å². The lowest BCUT2D eigenvalue weighted by atomic mass is 10.1. The Balaban J connectivity index is 1.52. The average molecular weight is 340 g/mol. The molecule has 2 aromatic carbocycles. The molecule has 0 bridgehead atoms. The van der Waals surface area contributed by atoms with E-state index in [9.17, 15) is 9.50 Å². The van der Waals surface area contributed by atoms with Crippen molar-refractivity contribution >= 4 is 10.9 Å². The molecule has 0 aliphatic rings. The Bertz CT molecular complexity index is 854. The van der Waals surface area contributed by atoms with Gasteiger partial charge in [-0.25, -0.2) is 4.39 Å². The third kappa shape index (κ3) is 4.75. The first kappa shape index (κ1) is 17.3. The largest absolute Gasteiger partial charge is 0.491 e. The predicted molar refractivity (Wildman–Crippen MR) is 96.1 cm³/mol. The molecule has 0 amide bonds. The summed E-state index contributed by atoms with van der Waals surface area (Å²) in [6, 6.07) is 14.2. The Kier molecular flexibility index (Phi) is 5.58. The van der Waals surface area contributed by atoms with Crippen LogP contribution in [-0.4, -0.2) is 29.3 Å². The second-order valence-electron chi connectivity index (χ2n) is 6.05. The first-order chi connectivity index (χ1) is 12.1. The monoisotopic (exact) mass is 340 g/mol. The van der Waals surface area contributed by atoms with Gasteiger partial charge in [0.15, 0.2) is 0 Å². The van der Waals surface area contributed by atoms with Crippen LogP contribution < -0.4 is 10.1 Å². The maximum absolute atomic E-state index is 13.7. The number of aliphatic hydroxyl groups is 1. The van der Waals surface area contributed by atoms with Crippen LogP contribution in [0.3, 0.4) is 0 Å². The smallest absolute Gasteiger partial charge is 0.124 e. The number of hydrogen-bond donors (Lipinski definition) is 2. The van der Waals surface area contributed by atoms with E-state index in [1.54, 1.807) is 12.3 Å². The minimum atomic E-state index is -0.659. The fraction of sp³-hybridized carbons (Fsp3) is 0.250. The molecule has 0 spiro atoms. The number of aliphatic hydroxyl groups excluding tert-OH is 1. The molecule has 0 radical (unpaired) electrons. The molecule has 1 aromatic heterocycles. The predicted octanol–water partition coefficient (Wildman–Crippen LogP) is 3.21. The highest BCUT2D eigenvalue weighted by Gasteiger charge is 2.08. The minimum absolute atomic E-state index is 0.193. The van der Waals surface area contributed by atoms with Gasteiger partial charge in [0.1, 0.15) is 24.3 Å². The summed E-state index contributed by atoms with van der Waals surface area (Å²) in [4.78, 5) is 4.31. The quantitative estimate of drug-likeness (QED) is 0.693. The zero-order valence-electron chi connectivity index (χ0n) is 14.1. The van der Waals surface area contributed by atoms with Gasteiger partial charge in [-0.1, -0.05) is 18.2 Å². The van der Waals surface area contributed by atoms with Crippen molar-refractivity contribution in [1.82, 2.24) is 10.3 Å². The zero-order chi connectivity index (χ0) is 17.6. The number of hydrogen-bond acceptors (Lipinski definition) is 4. The minimum Gasteiger partial charge on any atom is -0.491 e. The molecule has 2 N–H and O–H groups in total. The van der Waals surface area contributed by atoms with Gasteiger partial charge in [-0.15, -0.1) is 0 Å². The summed E-state index contributed by atoms with van der Waals surface area (Å²) in [5, 5.41) is 13.9. The molecule has 0 saturated heterocycles. The lowest BCUT2D eigenvalue weighted by Gasteiger charge is -2.14. The Hall–Kier alpha value is -2.50. The van der Waals surface area contributed by atoms with Crippen LogP contribution in [0.2, 0.25) is 0 Å². The van der Waals surface area contributed by atoms with E-state index in [-0.39, 0.29) is 12.4 Å². The highest BCUT2D eigenvalue weighted by Crippen LogP contribution is 2.18. The van der Waals surface area contributed by atoms with Crippen molar-refractivity contribution < 1.29 is 14.2 Å². The van der Waals surface area contributed by atoms with Crippen LogP contribution in [0.25, 0.3) is 10.9 Å². The van der Waals surface area contributed by atoms with Crippen molar-refractivity contribution in [2.75, 3.05) is 13.2 Å². The number of benzene rings is 2. The van der Waals surface area contributed by atoms with Crippen LogP contribution in [0.5, 0.6) is 5.75 Å². The van der Waals surface area contributed by atoms with Gasteiger partial charge in [0.2, 0.25) is 0 Å². The number of aromatic nitrogens is 1. The Morgan fingerprint density at radius 2 is 2.08 bits per heavy atom. The standard InChI is InChI=1S/C20H21FN2O2/c1-14-4-2-6-19(8-14)25-13-18(24)12-22-11-16-10-17(21)9-15-5-3-7-23-20(15)16/h2-10,18,22,24H,11-13H2,1H3. The highest BCUT2D eigenvalue weighted by molar-refractivity contribution is 5.81. The SMILES string of the molecule is Cc1cccc(OCC(O)CNCc2cc(F)cc3cccnc23)c1. The maximum atomic E-state index is 13.7. The topological polar surface area (TPSA) is 54.4 Å². The van der Waals surface area contributed by atoms with Crippen LogP contribution in [-0.2, 0) is 6.54 Å². The zero-order valence-corrected chi connectivity index (χ0v) is 14.1. The molecule has 0 aliphatic heterocycles. The molecule has 4 nitrogen and oxygen atoms in total. The van der Waals surface area contributed by atoms with Crippen molar-refractivity contribution in [2.45, 2.75) is 19.6 Å². The first-order valence-electron chi connectivity index (χ1n) is 8.23. The summed E-state index contributed by atoms with van der Waals surface area (Å²) in [6.45, 7) is 2.95. The second-order valence-corrected chi connectivity index (χ2v) is 6.05. The Morgan fingerprint density at radius 3 is 2.92 bits per heavy atom. The Labute approximate surface area is 146 Å². The highest BCUT2D eigenvalue weighted by atomic mass is 19.1. The summed E-state index contributed by atoms with van der Waals surface area (Å²) < 4.78 is 19.3. The van der Waals surface area contributed by atoms with E-state index < -0.39 is 6.10 Å². The number of pyridine rings is 1. The molecule has 130 valence electrons. The van der Waals surface area contributed by atoms with Crippen molar-refractivity contribution in [2.24, 2.45) is 0 Å². The maximum Gasteiger partial charge on any atom is 0.124 e. The van der Waals surface area contributed by atoms with Gasteiger partial charge >= 0.3 is 0 Å². The van der Waals surface area contributed by atoms with E-state index >= 15 is 0 Å². The van der Waals surface area contributed by atoms with Crippen LogP contribution in [0.4, 0.5) is 4.39 Å². The molecule has 3 rings (SSSR count). The third-order valence-electron chi connectivity index (χ3n) is 3.88. The van der Waals surface area contributed by atoms with Gasteiger partial charge in [-0.3, -0.25) is 4.98 Å². The number of fused-ring (bicyclic) bond motifs is 1. The Morgan fingerprint density at radius 1 is 1.20 bits per heavy atom. The number of nitrogens with one attached hydrogen (secondary N) is 1. The summed E-state index contributed by atoms with van der Waals surface area (Å²) in [7, 11) is 0. The molecule has 1 heterocycles. The van der Waals surface area contributed by atoms with Gasteiger partial charge in [0.05, 0.1) is 5.52 Å². The van der Waals surface area contributed by atoms with E-state index in [4.69, 9.17) is 4.74 Å². The van der Waals surface area contributed by atoms with Gasteiger partial charge in [0, 0.05) is 24.7 Å². The molecular formula is C20H21FN2O2. The molecule has 1 unspecified atom stereocenters. The number of ether oxygens (including phenoxy) is 1. The number of rotatable bonds is 7. The molecule has 5 heteroatoms. The van der Waals surface area contributed by atoms with E-state index in [1.165, 1.54) is 12.1 Å². The summed E-state index contributed by atoms with van der Waals surface area (Å²) in [5.41, 5.74) is 2.64. The molecule has 3 aromatic rings. The summed E-state index contributed by atoms with van der Waals surface area (Å²) in [6.07, 6.45) is 1.03. The van der Waals surface area contributed by atoms with Crippen LogP contribution in [0.1, 0.15) is 11.1 Å². The average Bonchev–Trinajstić information content (AvgIpc) is 2.60. The van der Waals surface area contributed by atoms with Crippen molar-refractivity contribution in [1.29, 1.82) is 0 Å².